The van der Waals surface area contributed by atoms with Gasteiger partial charge in [0.2, 0.25) is 6.17 Å². The summed E-state index contributed by atoms with van der Waals surface area (Å²) in [6.07, 6.45) is 0.173. The fourth-order valence-electron chi connectivity index (χ4n) is 2.01. The van der Waals surface area contributed by atoms with Crippen LogP contribution < -0.4 is 10.6 Å². The van der Waals surface area contributed by atoms with Crippen LogP contribution in [0, 0.1) is 0 Å². The van der Waals surface area contributed by atoms with E-state index in [-0.39, 0.29) is 6.04 Å². The summed E-state index contributed by atoms with van der Waals surface area (Å²) < 4.78 is 13.9. The fourth-order valence-corrected chi connectivity index (χ4v) is 2.01. The van der Waals surface area contributed by atoms with Crippen molar-refractivity contribution in [3.8, 4) is 0 Å². The zero-order valence-corrected chi connectivity index (χ0v) is 9.66. The summed E-state index contributed by atoms with van der Waals surface area (Å²) in [5.41, 5.74) is 0.416. The average molecular weight is 236 g/mol. The highest BCUT2D eigenvalue weighted by Crippen LogP contribution is 2.17. The van der Waals surface area contributed by atoms with Gasteiger partial charge < -0.3 is 10.6 Å². The van der Waals surface area contributed by atoms with E-state index in [9.17, 15) is 9.18 Å². The van der Waals surface area contributed by atoms with Gasteiger partial charge in [-0.2, -0.15) is 0 Å². The van der Waals surface area contributed by atoms with E-state index in [0.717, 1.165) is 25.9 Å². The summed E-state index contributed by atoms with van der Waals surface area (Å²) in [4.78, 5) is 11.7. The Hall–Kier alpha value is -1.42. The third kappa shape index (κ3) is 3.27. The van der Waals surface area contributed by atoms with Crippen LogP contribution in [-0.4, -0.2) is 25.0 Å². The van der Waals surface area contributed by atoms with Crippen molar-refractivity contribution < 1.29 is 9.18 Å². The van der Waals surface area contributed by atoms with Crippen LogP contribution in [-0.2, 0) is 4.79 Å². The van der Waals surface area contributed by atoms with E-state index in [1.54, 1.807) is 30.3 Å². The van der Waals surface area contributed by atoms with Crippen LogP contribution in [0.15, 0.2) is 30.3 Å². The Morgan fingerprint density at radius 3 is 2.59 bits per heavy atom. The summed E-state index contributed by atoms with van der Waals surface area (Å²) in [5.74, 6) is -0.525. The molecule has 0 spiro atoms. The zero-order valence-electron chi connectivity index (χ0n) is 9.66. The van der Waals surface area contributed by atoms with Crippen LogP contribution in [0.2, 0.25) is 0 Å². The smallest absolute Gasteiger partial charge is 0.259 e. The fraction of sp³-hybridized carbons (Fsp3) is 0.462. The predicted octanol–water partition coefficient (Wildman–Crippen LogP) is 1.57. The molecule has 1 heterocycles. The first kappa shape index (κ1) is 12.0. The summed E-state index contributed by atoms with van der Waals surface area (Å²) >= 11 is 0. The van der Waals surface area contributed by atoms with E-state index in [0.29, 0.717) is 5.56 Å². The van der Waals surface area contributed by atoms with Gasteiger partial charge in [0.1, 0.15) is 0 Å². The molecule has 3 nitrogen and oxygen atoms in total. The Morgan fingerprint density at radius 2 is 1.94 bits per heavy atom. The van der Waals surface area contributed by atoms with Gasteiger partial charge in [-0.3, -0.25) is 4.79 Å². The molecule has 1 amide bonds. The first-order chi connectivity index (χ1) is 8.27. The Balaban J connectivity index is 1.91. The van der Waals surface area contributed by atoms with Gasteiger partial charge in [0, 0.05) is 6.04 Å². The highest BCUT2D eigenvalue weighted by atomic mass is 19.1. The lowest BCUT2D eigenvalue weighted by Gasteiger charge is -2.24. The van der Waals surface area contributed by atoms with E-state index in [1.807, 2.05) is 0 Å². The minimum absolute atomic E-state index is 0.103. The lowest BCUT2D eigenvalue weighted by Crippen LogP contribution is -2.43. The summed E-state index contributed by atoms with van der Waals surface area (Å²) in [7, 11) is 0. The third-order valence-corrected chi connectivity index (χ3v) is 3.01. The molecule has 17 heavy (non-hydrogen) atoms. The molecule has 1 aromatic rings. The predicted molar refractivity (Wildman–Crippen MR) is 64.3 cm³/mol. The van der Waals surface area contributed by atoms with Gasteiger partial charge in [-0.1, -0.05) is 30.3 Å². The number of piperidine rings is 1. The van der Waals surface area contributed by atoms with Crippen LogP contribution in [0.3, 0.4) is 0 Å². The number of amides is 1. The van der Waals surface area contributed by atoms with E-state index >= 15 is 0 Å². The first-order valence-corrected chi connectivity index (χ1v) is 5.97. The van der Waals surface area contributed by atoms with Crippen LogP contribution >= 0.6 is 0 Å². The molecule has 0 aromatic heterocycles. The SMILES string of the molecule is O=C(NC1CCNCC1)C(F)c1ccccc1. The average Bonchev–Trinajstić information content (AvgIpc) is 2.40. The molecule has 0 saturated carbocycles. The molecule has 2 N–H and O–H groups in total. The molecule has 1 aliphatic heterocycles. The second-order valence-corrected chi connectivity index (χ2v) is 4.31. The number of nitrogens with one attached hydrogen (secondary N) is 2. The quantitative estimate of drug-likeness (QED) is 0.836. The number of hydrogen-bond donors (Lipinski definition) is 2. The molecule has 1 aliphatic rings. The maximum Gasteiger partial charge on any atom is 0.259 e. The standard InChI is InChI=1S/C13H17FN2O/c14-12(10-4-2-1-3-5-10)13(17)16-11-6-8-15-9-7-11/h1-5,11-12,15H,6-9H2,(H,16,17). The van der Waals surface area contributed by atoms with Crippen LogP contribution in [0.1, 0.15) is 24.6 Å². The van der Waals surface area contributed by atoms with Gasteiger partial charge in [-0.25, -0.2) is 4.39 Å². The second-order valence-electron chi connectivity index (χ2n) is 4.31. The van der Waals surface area contributed by atoms with Crippen molar-refractivity contribution in [1.29, 1.82) is 0 Å². The number of carbonyl (C=O) groups is 1. The summed E-state index contributed by atoms with van der Waals surface area (Å²) in [5, 5.41) is 5.97. The number of benzene rings is 1. The minimum atomic E-state index is -1.56. The molecule has 1 unspecified atom stereocenters. The van der Waals surface area contributed by atoms with Gasteiger partial charge in [-0.15, -0.1) is 0 Å². The molecular formula is C13H17FN2O. The number of carbonyl (C=O) groups excluding carboxylic acids is 1. The van der Waals surface area contributed by atoms with Gasteiger partial charge in [0.05, 0.1) is 0 Å². The number of halogens is 1. The van der Waals surface area contributed by atoms with Crippen molar-refractivity contribution in [2.45, 2.75) is 25.1 Å². The first-order valence-electron chi connectivity index (χ1n) is 5.97. The Kier molecular flexibility index (Phi) is 4.09. The topological polar surface area (TPSA) is 41.1 Å². The molecule has 0 aliphatic carbocycles. The Morgan fingerprint density at radius 1 is 1.29 bits per heavy atom. The number of alkyl halides is 1. The highest BCUT2D eigenvalue weighted by Gasteiger charge is 2.23. The van der Waals surface area contributed by atoms with Crippen molar-refractivity contribution in [1.82, 2.24) is 10.6 Å². The van der Waals surface area contributed by atoms with E-state index in [4.69, 9.17) is 0 Å². The molecule has 1 fully saturated rings. The molecule has 1 aromatic carbocycles. The van der Waals surface area contributed by atoms with Gasteiger partial charge >= 0.3 is 0 Å². The van der Waals surface area contributed by atoms with Crippen LogP contribution in [0.25, 0.3) is 0 Å². The molecule has 1 atom stereocenters. The van der Waals surface area contributed by atoms with Crippen LogP contribution in [0.4, 0.5) is 4.39 Å². The molecule has 4 heteroatoms. The van der Waals surface area contributed by atoms with Gasteiger partial charge in [-0.05, 0) is 31.5 Å². The normalized spacial score (nSPS) is 18.6. The molecule has 0 bridgehead atoms. The lowest BCUT2D eigenvalue weighted by atomic mass is 10.1. The highest BCUT2D eigenvalue weighted by molar-refractivity contribution is 5.82. The number of rotatable bonds is 3. The molecule has 0 radical (unpaired) electrons. The van der Waals surface area contributed by atoms with Crippen molar-refractivity contribution in [3.05, 3.63) is 35.9 Å². The number of hydrogen-bond acceptors (Lipinski definition) is 2. The molecular weight excluding hydrogens is 219 g/mol. The van der Waals surface area contributed by atoms with Gasteiger partial charge in [0.25, 0.3) is 5.91 Å². The van der Waals surface area contributed by atoms with Crippen molar-refractivity contribution >= 4 is 5.91 Å². The maximum atomic E-state index is 13.9. The molecule has 1 saturated heterocycles. The Bertz CT molecular complexity index is 363. The Labute approximate surface area is 100 Å². The largest absolute Gasteiger partial charge is 0.350 e. The van der Waals surface area contributed by atoms with Crippen molar-refractivity contribution in [3.63, 3.8) is 0 Å². The second kappa shape index (κ2) is 5.77. The van der Waals surface area contributed by atoms with Crippen molar-refractivity contribution in [2.24, 2.45) is 0 Å². The molecule has 92 valence electrons. The van der Waals surface area contributed by atoms with Gasteiger partial charge in [0.15, 0.2) is 0 Å². The monoisotopic (exact) mass is 236 g/mol. The van der Waals surface area contributed by atoms with Crippen LogP contribution in [0.5, 0.6) is 0 Å². The van der Waals surface area contributed by atoms with E-state index in [1.165, 1.54) is 0 Å². The van der Waals surface area contributed by atoms with Crippen molar-refractivity contribution in [2.75, 3.05) is 13.1 Å². The summed E-state index contributed by atoms with van der Waals surface area (Å²) in [6.45, 7) is 1.76. The van der Waals surface area contributed by atoms with E-state index in [2.05, 4.69) is 10.6 Å². The summed E-state index contributed by atoms with van der Waals surface area (Å²) in [6, 6.07) is 8.64. The van der Waals surface area contributed by atoms with E-state index < -0.39 is 12.1 Å². The lowest BCUT2D eigenvalue weighted by molar-refractivity contribution is -0.127. The maximum absolute atomic E-state index is 13.9. The minimum Gasteiger partial charge on any atom is -0.350 e. The molecule has 2 rings (SSSR count). The third-order valence-electron chi connectivity index (χ3n) is 3.01. The zero-order chi connectivity index (χ0) is 12.1.